The smallest absolute Gasteiger partial charge is 0.338 e. The number of halogens is 2. The van der Waals surface area contributed by atoms with Crippen LogP contribution in [0.25, 0.3) is 0 Å². The van der Waals surface area contributed by atoms with Gasteiger partial charge in [-0.1, -0.05) is 13.3 Å². The van der Waals surface area contributed by atoms with Crippen molar-refractivity contribution in [3.63, 3.8) is 0 Å². The molecule has 2 rings (SSSR count). The van der Waals surface area contributed by atoms with Crippen molar-refractivity contribution in [1.29, 1.82) is 0 Å². The van der Waals surface area contributed by atoms with E-state index in [4.69, 9.17) is 15.2 Å². The first kappa shape index (κ1) is 24.7. The second-order valence-electron chi connectivity index (χ2n) is 6.74. The Hall–Kier alpha value is -3.54. The number of nitrogen functional groups attached to an aromatic ring is 1. The molecule has 0 fully saturated rings. The number of amides is 1. The van der Waals surface area contributed by atoms with E-state index in [0.717, 1.165) is 28.0 Å². The fraction of sp³-hybridized carbons (Fsp3) is 0.400. The molecule has 0 spiro atoms. The summed E-state index contributed by atoms with van der Waals surface area (Å²) in [5.41, 5.74) is 3.85. The van der Waals surface area contributed by atoms with Crippen molar-refractivity contribution in [2.24, 2.45) is 0 Å². The second kappa shape index (κ2) is 11.2. The number of aromatic amines is 1. The summed E-state index contributed by atoms with van der Waals surface area (Å²) in [4.78, 5) is 52.5. The molecule has 1 aromatic heterocycles. The highest BCUT2D eigenvalue weighted by atomic mass is 19.2. The summed E-state index contributed by atoms with van der Waals surface area (Å²) in [6.07, 6.45) is 1.36. The van der Waals surface area contributed by atoms with Crippen molar-refractivity contribution in [1.82, 2.24) is 9.55 Å². The zero-order valence-corrected chi connectivity index (χ0v) is 17.7. The summed E-state index contributed by atoms with van der Waals surface area (Å²) in [7, 11) is 1.38. The van der Waals surface area contributed by atoms with Crippen molar-refractivity contribution >= 4 is 23.4 Å². The lowest BCUT2D eigenvalue weighted by atomic mass is 10.2. The zero-order valence-electron chi connectivity index (χ0n) is 17.7. The molecule has 0 bridgehead atoms. The van der Waals surface area contributed by atoms with Crippen LogP contribution in [-0.2, 0) is 20.8 Å². The highest BCUT2D eigenvalue weighted by molar-refractivity contribution is 5.98. The number of carbonyl (C=O) groups is 2. The first-order valence-electron chi connectivity index (χ1n) is 9.75. The van der Waals surface area contributed by atoms with E-state index in [0.29, 0.717) is 12.5 Å². The molecule has 2 aromatic rings. The van der Waals surface area contributed by atoms with Crippen LogP contribution >= 0.6 is 0 Å². The summed E-state index contributed by atoms with van der Waals surface area (Å²) in [6.45, 7) is 1.19. The van der Waals surface area contributed by atoms with Crippen LogP contribution in [0.4, 0.5) is 20.3 Å². The van der Waals surface area contributed by atoms with E-state index in [-0.39, 0.29) is 36.8 Å². The average molecular weight is 454 g/mol. The van der Waals surface area contributed by atoms with E-state index in [9.17, 15) is 28.0 Å². The lowest BCUT2D eigenvalue weighted by Gasteiger charge is -2.24. The molecule has 1 amide bonds. The van der Waals surface area contributed by atoms with E-state index < -0.39 is 41.4 Å². The number of carbonyl (C=O) groups excluding carboxylic acids is 2. The van der Waals surface area contributed by atoms with Gasteiger partial charge in [-0.25, -0.2) is 18.4 Å². The highest BCUT2D eigenvalue weighted by Crippen LogP contribution is 2.18. The molecule has 1 aromatic carbocycles. The molecular weight excluding hydrogens is 430 g/mol. The number of nitrogens with zero attached hydrogens (tertiary/aromatic N) is 2. The Bertz CT molecular complexity index is 1100. The number of anilines is 2. The number of hydrogen-bond acceptors (Lipinski definition) is 7. The number of ether oxygens (including phenoxy) is 2. The number of rotatable bonds is 10. The van der Waals surface area contributed by atoms with Crippen LogP contribution in [0.15, 0.2) is 27.8 Å². The number of H-pyrrole nitrogens is 1. The molecule has 12 heteroatoms. The minimum absolute atomic E-state index is 0.00975. The minimum Gasteiger partial charge on any atom is -0.452 e. The average Bonchev–Trinajstić information content (AvgIpc) is 2.75. The Morgan fingerprint density at radius 2 is 1.94 bits per heavy atom. The fourth-order valence-corrected chi connectivity index (χ4v) is 2.83. The first-order valence-corrected chi connectivity index (χ1v) is 9.75. The molecule has 32 heavy (non-hydrogen) atoms. The molecule has 0 atom stereocenters. The summed E-state index contributed by atoms with van der Waals surface area (Å²) in [5, 5.41) is 0. The second-order valence-corrected chi connectivity index (χ2v) is 6.74. The van der Waals surface area contributed by atoms with Gasteiger partial charge in [0.15, 0.2) is 23.9 Å². The Morgan fingerprint density at radius 3 is 2.56 bits per heavy atom. The van der Waals surface area contributed by atoms with Gasteiger partial charge in [-0.05, 0) is 24.6 Å². The van der Waals surface area contributed by atoms with Crippen molar-refractivity contribution in [2.45, 2.75) is 26.3 Å². The molecule has 0 unspecified atom stereocenters. The van der Waals surface area contributed by atoms with E-state index in [1.165, 1.54) is 7.11 Å². The third-order valence-electron chi connectivity index (χ3n) is 4.52. The van der Waals surface area contributed by atoms with E-state index in [1.807, 2.05) is 6.92 Å². The lowest BCUT2D eigenvalue weighted by Crippen LogP contribution is -2.44. The van der Waals surface area contributed by atoms with E-state index in [1.54, 1.807) is 0 Å². The predicted molar refractivity (Wildman–Crippen MR) is 112 cm³/mol. The molecule has 0 saturated carbocycles. The number of nitrogens with two attached hydrogens (primary N) is 1. The normalized spacial score (nSPS) is 10.8. The highest BCUT2D eigenvalue weighted by Gasteiger charge is 2.25. The van der Waals surface area contributed by atoms with Crippen LogP contribution in [0.1, 0.15) is 30.1 Å². The number of aromatic nitrogens is 2. The number of nitrogens with one attached hydrogen (secondary N) is 1. The summed E-state index contributed by atoms with van der Waals surface area (Å²) >= 11 is 0. The largest absolute Gasteiger partial charge is 0.452 e. The minimum atomic E-state index is -1.25. The van der Waals surface area contributed by atoms with Crippen molar-refractivity contribution in [3.05, 3.63) is 56.2 Å². The fourth-order valence-electron chi connectivity index (χ4n) is 2.83. The molecule has 10 nitrogen and oxygen atoms in total. The van der Waals surface area contributed by atoms with Gasteiger partial charge in [-0.3, -0.25) is 24.0 Å². The van der Waals surface area contributed by atoms with Crippen LogP contribution in [0.2, 0.25) is 0 Å². The number of methoxy groups -OCH3 is 1. The Kier molecular flexibility index (Phi) is 8.64. The molecule has 0 aliphatic heterocycles. The molecule has 0 aliphatic carbocycles. The number of benzene rings is 1. The van der Waals surface area contributed by atoms with Crippen molar-refractivity contribution < 1.29 is 27.8 Å². The van der Waals surface area contributed by atoms with Gasteiger partial charge < -0.3 is 15.2 Å². The maximum Gasteiger partial charge on any atom is 0.338 e. The molecule has 0 saturated heterocycles. The Balaban J connectivity index is 2.30. The van der Waals surface area contributed by atoms with E-state index in [2.05, 4.69) is 4.98 Å². The maximum absolute atomic E-state index is 13.3. The molecule has 1 heterocycles. The molecule has 3 N–H and O–H groups in total. The molecule has 0 aliphatic rings. The number of esters is 1. The quantitative estimate of drug-likeness (QED) is 0.512. The van der Waals surface area contributed by atoms with Gasteiger partial charge >= 0.3 is 11.7 Å². The Labute approximate surface area is 181 Å². The summed E-state index contributed by atoms with van der Waals surface area (Å²) < 4.78 is 37.3. The van der Waals surface area contributed by atoms with Gasteiger partial charge in [0.05, 0.1) is 12.2 Å². The third-order valence-corrected chi connectivity index (χ3v) is 4.52. The van der Waals surface area contributed by atoms with Crippen LogP contribution in [0.3, 0.4) is 0 Å². The van der Waals surface area contributed by atoms with Crippen molar-refractivity contribution in [2.75, 3.05) is 37.5 Å². The van der Waals surface area contributed by atoms with Crippen LogP contribution in [-0.4, -0.2) is 48.3 Å². The predicted octanol–water partition coefficient (Wildman–Crippen LogP) is 1.03. The van der Waals surface area contributed by atoms with E-state index >= 15 is 0 Å². The Morgan fingerprint density at radius 1 is 1.22 bits per heavy atom. The lowest BCUT2D eigenvalue weighted by molar-refractivity contribution is -0.121. The van der Waals surface area contributed by atoms with Crippen molar-refractivity contribution in [3.8, 4) is 0 Å². The number of unbranched alkanes of at least 4 members (excludes halogenated alkanes) is 1. The maximum atomic E-state index is 13.3. The van der Waals surface area contributed by atoms with Gasteiger partial charge in [0.25, 0.3) is 11.5 Å². The van der Waals surface area contributed by atoms with Gasteiger partial charge in [-0.15, -0.1) is 0 Å². The van der Waals surface area contributed by atoms with Crippen LogP contribution in [0, 0.1) is 11.6 Å². The van der Waals surface area contributed by atoms with Gasteiger partial charge in [0.2, 0.25) is 0 Å². The van der Waals surface area contributed by atoms with Crippen LogP contribution in [0.5, 0.6) is 0 Å². The van der Waals surface area contributed by atoms with Gasteiger partial charge in [0, 0.05) is 20.2 Å². The molecular formula is C20H24F2N4O6. The SMILES string of the molecule is CCCCn1c(N)c(N(CCOC)C(=O)COC(=O)c2ccc(F)c(F)c2)c(=O)[nH]c1=O. The first-order chi connectivity index (χ1) is 15.2. The third kappa shape index (κ3) is 5.78. The standard InChI is InChI=1S/C20H24F2N4O6/c1-3-4-7-26-17(23)16(18(28)24-20(26)30)25(8-9-31-2)15(27)11-32-19(29)12-5-6-13(21)14(22)10-12/h5-6,10H,3-4,7-9,11,23H2,1-2H3,(H,24,28,30). The monoisotopic (exact) mass is 454 g/mol. The number of hydrogen-bond donors (Lipinski definition) is 2. The topological polar surface area (TPSA) is 137 Å². The van der Waals surface area contributed by atoms with Gasteiger partial charge in [0.1, 0.15) is 5.82 Å². The van der Waals surface area contributed by atoms with Crippen LogP contribution < -0.4 is 21.9 Å². The summed E-state index contributed by atoms with van der Waals surface area (Å²) in [6, 6.07) is 2.38. The summed E-state index contributed by atoms with van der Waals surface area (Å²) in [5.74, 6) is -4.52. The zero-order chi connectivity index (χ0) is 23.8. The molecule has 0 radical (unpaired) electrons. The van der Waals surface area contributed by atoms with Gasteiger partial charge in [-0.2, -0.15) is 0 Å². The molecule has 174 valence electrons.